The number of carbonyl (C=O) groups is 1. The minimum absolute atomic E-state index is 0.0514. The Balaban J connectivity index is 1.68. The van der Waals surface area contributed by atoms with Crippen molar-refractivity contribution < 1.29 is 14.6 Å². The Labute approximate surface area is 141 Å². The van der Waals surface area contributed by atoms with Gasteiger partial charge in [0.1, 0.15) is 0 Å². The van der Waals surface area contributed by atoms with Crippen molar-refractivity contribution >= 4 is 22.5 Å². The highest BCUT2D eigenvalue weighted by Gasteiger charge is 2.32. The second kappa shape index (κ2) is 7.15. The van der Waals surface area contributed by atoms with Gasteiger partial charge in [0, 0.05) is 47.8 Å². The SMILES string of the molecule is Cc1nccc2c(NC(=O)NCC3(CO)CCOCC3)cccc12. The number of hydrogen-bond acceptors (Lipinski definition) is 4. The number of urea groups is 1. The van der Waals surface area contributed by atoms with Gasteiger partial charge in [-0.15, -0.1) is 0 Å². The molecule has 1 aromatic carbocycles. The second-order valence-electron chi connectivity index (χ2n) is 6.38. The Bertz CT molecular complexity index is 727. The molecule has 2 heterocycles. The van der Waals surface area contributed by atoms with E-state index in [1.54, 1.807) is 6.20 Å². The van der Waals surface area contributed by atoms with Crippen molar-refractivity contribution in [2.75, 3.05) is 31.7 Å². The normalized spacial score (nSPS) is 16.8. The summed E-state index contributed by atoms with van der Waals surface area (Å²) in [5.41, 5.74) is 1.40. The molecule has 1 saturated heterocycles. The van der Waals surface area contributed by atoms with Crippen LogP contribution in [0.4, 0.5) is 10.5 Å². The number of ether oxygens (including phenoxy) is 1. The summed E-state index contributed by atoms with van der Waals surface area (Å²) in [6, 6.07) is 7.39. The first-order chi connectivity index (χ1) is 11.6. The van der Waals surface area contributed by atoms with E-state index in [4.69, 9.17) is 4.74 Å². The number of nitrogens with zero attached hydrogens (tertiary/aromatic N) is 1. The molecule has 0 radical (unpaired) electrons. The van der Waals surface area contributed by atoms with Gasteiger partial charge in [0.05, 0.1) is 12.3 Å². The van der Waals surface area contributed by atoms with Gasteiger partial charge in [0.25, 0.3) is 0 Å². The summed E-state index contributed by atoms with van der Waals surface area (Å²) in [5, 5.41) is 17.5. The zero-order valence-electron chi connectivity index (χ0n) is 13.8. The van der Waals surface area contributed by atoms with E-state index in [0.717, 1.165) is 35.0 Å². The molecule has 0 atom stereocenters. The Morgan fingerprint density at radius 1 is 1.29 bits per heavy atom. The summed E-state index contributed by atoms with van der Waals surface area (Å²) in [4.78, 5) is 16.6. The lowest BCUT2D eigenvalue weighted by molar-refractivity contribution is -0.0136. The number of carbonyl (C=O) groups excluding carboxylic acids is 1. The molecule has 1 aliphatic heterocycles. The van der Waals surface area contributed by atoms with Crippen molar-refractivity contribution in [2.24, 2.45) is 5.41 Å². The van der Waals surface area contributed by atoms with E-state index < -0.39 is 0 Å². The Morgan fingerprint density at radius 2 is 2.08 bits per heavy atom. The third kappa shape index (κ3) is 3.49. The Morgan fingerprint density at radius 3 is 2.83 bits per heavy atom. The van der Waals surface area contributed by atoms with Crippen molar-refractivity contribution in [3.63, 3.8) is 0 Å². The summed E-state index contributed by atoms with van der Waals surface area (Å²) >= 11 is 0. The Hall–Kier alpha value is -2.18. The average molecular weight is 329 g/mol. The lowest BCUT2D eigenvalue weighted by Gasteiger charge is -2.35. The maximum absolute atomic E-state index is 12.3. The van der Waals surface area contributed by atoms with E-state index >= 15 is 0 Å². The van der Waals surface area contributed by atoms with Gasteiger partial charge in [-0.3, -0.25) is 4.98 Å². The largest absolute Gasteiger partial charge is 0.396 e. The molecule has 3 N–H and O–H groups in total. The molecule has 0 saturated carbocycles. The molecule has 24 heavy (non-hydrogen) atoms. The summed E-state index contributed by atoms with van der Waals surface area (Å²) in [7, 11) is 0. The summed E-state index contributed by atoms with van der Waals surface area (Å²) in [5.74, 6) is 0. The number of rotatable bonds is 4. The maximum atomic E-state index is 12.3. The van der Waals surface area contributed by atoms with Gasteiger partial charge >= 0.3 is 6.03 Å². The van der Waals surface area contributed by atoms with Gasteiger partial charge in [-0.1, -0.05) is 12.1 Å². The van der Waals surface area contributed by atoms with Crippen LogP contribution in [0, 0.1) is 12.3 Å². The van der Waals surface area contributed by atoms with Crippen molar-refractivity contribution in [1.82, 2.24) is 10.3 Å². The molecule has 2 aromatic rings. The summed E-state index contributed by atoms with van der Waals surface area (Å²) < 4.78 is 5.34. The molecule has 1 aromatic heterocycles. The molecule has 0 bridgehead atoms. The quantitative estimate of drug-likeness (QED) is 0.804. The highest BCUT2D eigenvalue weighted by atomic mass is 16.5. The molecule has 0 spiro atoms. The third-order valence-electron chi connectivity index (χ3n) is 4.77. The number of anilines is 1. The number of hydrogen-bond donors (Lipinski definition) is 3. The molecular weight excluding hydrogens is 306 g/mol. The number of benzene rings is 1. The van der Waals surface area contributed by atoms with Gasteiger partial charge in [-0.25, -0.2) is 4.79 Å². The zero-order valence-corrected chi connectivity index (χ0v) is 13.8. The van der Waals surface area contributed by atoms with Crippen LogP contribution in [0.1, 0.15) is 18.5 Å². The molecule has 0 aliphatic carbocycles. The molecule has 0 unspecified atom stereocenters. The van der Waals surface area contributed by atoms with Gasteiger partial charge in [0.2, 0.25) is 0 Å². The number of fused-ring (bicyclic) bond motifs is 1. The minimum Gasteiger partial charge on any atom is -0.396 e. The molecular formula is C18H23N3O3. The monoisotopic (exact) mass is 329 g/mol. The van der Waals surface area contributed by atoms with Crippen molar-refractivity contribution in [1.29, 1.82) is 0 Å². The van der Waals surface area contributed by atoms with Crippen LogP contribution in [-0.4, -0.2) is 42.5 Å². The number of amides is 2. The third-order valence-corrected chi connectivity index (χ3v) is 4.77. The highest BCUT2D eigenvalue weighted by Crippen LogP contribution is 2.29. The lowest BCUT2D eigenvalue weighted by Crippen LogP contribution is -2.44. The number of aliphatic hydroxyl groups excluding tert-OH is 1. The van der Waals surface area contributed by atoms with Crippen molar-refractivity contribution in [3.8, 4) is 0 Å². The van der Waals surface area contributed by atoms with E-state index in [-0.39, 0.29) is 18.1 Å². The standard InChI is InChI=1S/C18H23N3O3/c1-13-14-3-2-4-16(15(14)5-8-19-13)21-17(23)20-11-18(12-22)6-9-24-10-7-18/h2-5,8,22H,6-7,9-12H2,1H3,(H2,20,21,23). The molecule has 3 rings (SSSR count). The van der Waals surface area contributed by atoms with Crippen LogP contribution in [0.3, 0.4) is 0 Å². The van der Waals surface area contributed by atoms with Crippen molar-refractivity contribution in [2.45, 2.75) is 19.8 Å². The number of aromatic nitrogens is 1. The average Bonchev–Trinajstić information content (AvgIpc) is 2.62. The fourth-order valence-electron chi connectivity index (χ4n) is 3.09. The predicted molar refractivity (Wildman–Crippen MR) is 93.1 cm³/mol. The van der Waals surface area contributed by atoms with Crippen LogP contribution in [0.2, 0.25) is 0 Å². The molecule has 6 nitrogen and oxygen atoms in total. The van der Waals surface area contributed by atoms with Crippen molar-refractivity contribution in [3.05, 3.63) is 36.2 Å². The van der Waals surface area contributed by atoms with E-state index in [9.17, 15) is 9.90 Å². The summed E-state index contributed by atoms with van der Waals surface area (Å²) in [6.07, 6.45) is 3.25. The predicted octanol–water partition coefficient (Wildman–Crippen LogP) is 2.45. The van der Waals surface area contributed by atoms with Crippen LogP contribution in [-0.2, 0) is 4.74 Å². The van der Waals surface area contributed by atoms with E-state index in [0.29, 0.717) is 19.8 Å². The van der Waals surface area contributed by atoms with Crippen LogP contribution in [0.5, 0.6) is 0 Å². The maximum Gasteiger partial charge on any atom is 0.319 e. The smallest absolute Gasteiger partial charge is 0.319 e. The van der Waals surface area contributed by atoms with Gasteiger partial charge in [-0.2, -0.15) is 0 Å². The number of aliphatic hydroxyl groups is 1. The van der Waals surface area contributed by atoms with Crippen LogP contribution in [0.25, 0.3) is 10.8 Å². The first kappa shape index (κ1) is 16.7. The molecule has 128 valence electrons. The molecule has 1 aliphatic rings. The van der Waals surface area contributed by atoms with Crippen LogP contribution < -0.4 is 10.6 Å². The number of nitrogens with one attached hydrogen (secondary N) is 2. The number of aryl methyl sites for hydroxylation is 1. The van der Waals surface area contributed by atoms with Crippen LogP contribution >= 0.6 is 0 Å². The molecule has 2 amide bonds. The molecule has 6 heteroatoms. The minimum atomic E-state index is -0.283. The Kier molecular flexibility index (Phi) is 4.97. The fourth-order valence-corrected chi connectivity index (χ4v) is 3.09. The molecule has 1 fully saturated rings. The van der Waals surface area contributed by atoms with Gasteiger partial charge in [0.15, 0.2) is 0 Å². The fraction of sp³-hybridized carbons (Fsp3) is 0.444. The van der Waals surface area contributed by atoms with Gasteiger partial charge in [-0.05, 0) is 31.9 Å². The first-order valence-electron chi connectivity index (χ1n) is 8.21. The lowest BCUT2D eigenvalue weighted by atomic mass is 9.81. The topological polar surface area (TPSA) is 83.5 Å². The number of pyridine rings is 1. The zero-order chi connectivity index (χ0) is 17.0. The highest BCUT2D eigenvalue weighted by molar-refractivity contribution is 6.02. The van der Waals surface area contributed by atoms with E-state index in [1.807, 2.05) is 31.2 Å². The second-order valence-corrected chi connectivity index (χ2v) is 6.38. The van der Waals surface area contributed by atoms with E-state index in [1.165, 1.54) is 0 Å². The van der Waals surface area contributed by atoms with E-state index in [2.05, 4.69) is 15.6 Å². The van der Waals surface area contributed by atoms with Crippen LogP contribution in [0.15, 0.2) is 30.5 Å². The van der Waals surface area contributed by atoms with Gasteiger partial charge < -0.3 is 20.5 Å². The first-order valence-corrected chi connectivity index (χ1v) is 8.21. The summed E-state index contributed by atoms with van der Waals surface area (Å²) in [6.45, 7) is 3.68.